The fraction of sp³-hybridized carbons (Fsp3) is 0.143. The Balaban J connectivity index is 2.08. The lowest BCUT2D eigenvalue weighted by Gasteiger charge is -2.04. The molecule has 2 aromatic carbocycles. The fourth-order valence-corrected chi connectivity index (χ4v) is 2.43. The number of rotatable bonds is 9. The molecule has 152 valence electrons. The van der Waals surface area contributed by atoms with E-state index in [-0.39, 0.29) is 23.7 Å². The molecule has 0 aliphatic rings. The van der Waals surface area contributed by atoms with Gasteiger partial charge in [-0.1, -0.05) is 24.3 Å². The van der Waals surface area contributed by atoms with Gasteiger partial charge in [-0.2, -0.15) is 5.10 Å². The third-order valence-electron chi connectivity index (χ3n) is 3.90. The maximum absolute atomic E-state index is 12.3. The predicted molar refractivity (Wildman–Crippen MR) is 112 cm³/mol. The maximum Gasteiger partial charge on any atom is 0.161 e. The van der Waals surface area contributed by atoms with Gasteiger partial charge in [0.25, 0.3) is 0 Å². The Morgan fingerprint density at radius 2 is 1.52 bits per heavy atom. The Hall–Kier alpha value is -3.78. The van der Waals surface area contributed by atoms with Crippen LogP contribution in [0.5, 0.6) is 23.0 Å². The monoisotopic (exact) mass is 397 g/mol. The van der Waals surface area contributed by atoms with Crippen LogP contribution in [0.4, 0.5) is 0 Å². The van der Waals surface area contributed by atoms with Crippen LogP contribution >= 0.6 is 0 Å². The fourth-order valence-electron chi connectivity index (χ4n) is 2.43. The Labute approximate surface area is 168 Å². The summed E-state index contributed by atoms with van der Waals surface area (Å²) in [6.45, 7) is 0. The van der Waals surface area contributed by atoms with Crippen LogP contribution in [0.25, 0.3) is 12.2 Å². The van der Waals surface area contributed by atoms with Crippen molar-refractivity contribution in [2.24, 2.45) is 10.9 Å². The highest BCUT2D eigenvalue weighted by Gasteiger charge is 2.05. The zero-order valence-corrected chi connectivity index (χ0v) is 16.1. The minimum atomic E-state index is -0.195. The van der Waals surface area contributed by atoms with E-state index in [2.05, 4.69) is 10.6 Å². The molecule has 8 heteroatoms. The van der Waals surface area contributed by atoms with E-state index in [1.807, 2.05) is 0 Å². The van der Waals surface area contributed by atoms with E-state index >= 15 is 0 Å². The van der Waals surface area contributed by atoms with Crippen molar-refractivity contribution < 1.29 is 24.5 Å². The van der Waals surface area contributed by atoms with Crippen LogP contribution in [0.15, 0.2) is 53.7 Å². The highest BCUT2D eigenvalue weighted by atomic mass is 16.5. The lowest BCUT2D eigenvalue weighted by molar-refractivity contribution is -0.113. The van der Waals surface area contributed by atoms with Gasteiger partial charge < -0.3 is 19.7 Å². The predicted octanol–water partition coefficient (Wildman–Crippen LogP) is 2.62. The van der Waals surface area contributed by atoms with Crippen molar-refractivity contribution in [1.82, 2.24) is 5.53 Å². The summed E-state index contributed by atoms with van der Waals surface area (Å²) in [4.78, 5) is 12.3. The first-order chi connectivity index (χ1) is 14.0. The van der Waals surface area contributed by atoms with Crippen molar-refractivity contribution in [2.45, 2.75) is 6.42 Å². The molecule has 0 aliphatic heterocycles. The molecule has 0 unspecified atom stereocenters. The molecule has 8 nitrogen and oxygen atoms in total. The van der Waals surface area contributed by atoms with Gasteiger partial charge in [0.1, 0.15) is 0 Å². The molecule has 0 bridgehead atoms. The Morgan fingerprint density at radius 1 is 1.00 bits per heavy atom. The van der Waals surface area contributed by atoms with Crippen LogP contribution in [0.3, 0.4) is 0 Å². The summed E-state index contributed by atoms with van der Waals surface area (Å²) in [5.74, 6) is 5.78. The van der Waals surface area contributed by atoms with Crippen LogP contribution in [0.2, 0.25) is 0 Å². The van der Waals surface area contributed by atoms with E-state index < -0.39 is 0 Å². The summed E-state index contributed by atoms with van der Waals surface area (Å²) < 4.78 is 10.1. The summed E-state index contributed by atoms with van der Waals surface area (Å²) in [5.41, 5.74) is 4.06. The number of hydrazone groups is 1. The molecule has 0 atom stereocenters. The molecule has 0 saturated heterocycles. The van der Waals surface area contributed by atoms with Crippen LogP contribution in [-0.2, 0) is 4.79 Å². The zero-order valence-electron chi connectivity index (χ0n) is 16.1. The van der Waals surface area contributed by atoms with Crippen molar-refractivity contribution in [3.05, 3.63) is 59.7 Å². The lowest BCUT2D eigenvalue weighted by atomic mass is 10.1. The molecule has 0 heterocycles. The molecule has 0 spiro atoms. The van der Waals surface area contributed by atoms with E-state index in [1.165, 1.54) is 32.4 Å². The van der Waals surface area contributed by atoms with Gasteiger partial charge in [0.2, 0.25) is 0 Å². The minimum absolute atomic E-state index is 0.0155. The van der Waals surface area contributed by atoms with Crippen LogP contribution < -0.4 is 20.9 Å². The van der Waals surface area contributed by atoms with Gasteiger partial charge in [0.05, 0.1) is 26.4 Å². The number of allylic oxidation sites excluding steroid dienone is 2. The number of hydrazine groups is 1. The molecule has 2 aromatic rings. The molecule has 0 amide bonds. The average molecular weight is 397 g/mol. The number of carbonyl (C=O) groups excluding carboxylic acids is 1. The van der Waals surface area contributed by atoms with Crippen molar-refractivity contribution in [2.75, 3.05) is 14.2 Å². The van der Waals surface area contributed by atoms with Crippen molar-refractivity contribution in [3.8, 4) is 23.0 Å². The highest BCUT2D eigenvalue weighted by Crippen LogP contribution is 2.27. The van der Waals surface area contributed by atoms with Crippen LogP contribution in [0, 0.1) is 0 Å². The van der Waals surface area contributed by atoms with Crippen molar-refractivity contribution in [3.63, 3.8) is 0 Å². The second-order valence-electron chi connectivity index (χ2n) is 5.90. The van der Waals surface area contributed by atoms with Crippen LogP contribution in [-0.4, -0.2) is 35.9 Å². The molecule has 0 saturated carbocycles. The number of phenols is 2. The van der Waals surface area contributed by atoms with E-state index in [1.54, 1.807) is 42.5 Å². The standard InChI is InChI=1S/C21H23N3O5/c1-28-20-11-14(5-9-18(20)26)3-7-16(23-24-22)13-17(25)8-4-15-6-10-19(27)21(12-15)29-2/h3-12,24,26-27H,13,22H2,1-2H3/b7-3+,8-4+,23-16-. The second-order valence-corrected chi connectivity index (χ2v) is 5.90. The largest absolute Gasteiger partial charge is 0.504 e. The number of hydrogen-bond acceptors (Lipinski definition) is 8. The van der Waals surface area contributed by atoms with Gasteiger partial charge in [0.15, 0.2) is 28.8 Å². The number of ketones is 1. The summed E-state index contributed by atoms with van der Waals surface area (Å²) in [6.07, 6.45) is 6.41. The van der Waals surface area contributed by atoms with Gasteiger partial charge in [0, 0.05) is 0 Å². The van der Waals surface area contributed by atoms with Gasteiger partial charge in [-0.3, -0.25) is 4.79 Å². The average Bonchev–Trinajstić information content (AvgIpc) is 2.72. The first-order valence-corrected chi connectivity index (χ1v) is 8.62. The molecule has 0 aromatic heterocycles. The normalized spacial score (nSPS) is 11.8. The molecule has 0 fully saturated rings. The maximum atomic E-state index is 12.3. The van der Waals surface area contributed by atoms with Crippen molar-refractivity contribution >= 4 is 23.6 Å². The molecular weight excluding hydrogens is 374 g/mol. The topological polar surface area (TPSA) is 126 Å². The minimum Gasteiger partial charge on any atom is -0.504 e. The van der Waals surface area contributed by atoms with Gasteiger partial charge in [-0.15, -0.1) is 0 Å². The molecule has 5 N–H and O–H groups in total. The molecule has 29 heavy (non-hydrogen) atoms. The Morgan fingerprint density at radius 3 is 2.00 bits per heavy atom. The summed E-state index contributed by atoms with van der Waals surface area (Å²) in [5, 5.41) is 23.2. The van der Waals surface area contributed by atoms with E-state index in [4.69, 9.17) is 15.3 Å². The number of hydrogen-bond donors (Lipinski definition) is 4. The van der Waals surface area contributed by atoms with E-state index in [0.717, 1.165) is 5.56 Å². The number of phenolic OH excluding ortho intramolecular Hbond substituents is 2. The Kier molecular flexibility index (Phi) is 7.81. The number of methoxy groups -OCH3 is 2. The number of ether oxygens (including phenoxy) is 2. The number of carbonyl (C=O) groups is 1. The van der Waals surface area contributed by atoms with Crippen molar-refractivity contribution in [1.29, 1.82) is 0 Å². The number of nitrogens with one attached hydrogen (secondary N) is 1. The second kappa shape index (κ2) is 10.5. The van der Waals surface area contributed by atoms with Gasteiger partial charge in [-0.25, -0.2) is 11.4 Å². The first-order valence-electron chi connectivity index (χ1n) is 8.62. The first kappa shape index (κ1) is 21.5. The van der Waals surface area contributed by atoms with Gasteiger partial charge >= 0.3 is 0 Å². The third-order valence-corrected chi connectivity index (χ3v) is 3.90. The molecule has 2 rings (SSSR count). The smallest absolute Gasteiger partial charge is 0.161 e. The number of benzene rings is 2. The SMILES string of the molecule is COc1cc(/C=C/C(=O)CC(/C=C/c2ccc(O)c(OC)c2)=N\NN)ccc1O. The number of nitrogens with zero attached hydrogens (tertiary/aromatic N) is 1. The number of nitrogens with two attached hydrogens (primary N) is 1. The van der Waals surface area contributed by atoms with Gasteiger partial charge in [-0.05, 0) is 47.5 Å². The number of aromatic hydroxyl groups is 2. The Bertz CT molecular complexity index is 951. The molecular formula is C21H23N3O5. The van der Waals surface area contributed by atoms with Crippen LogP contribution in [0.1, 0.15) is 17.5 Å². The quantitative estimate of drug-likeness (QED) is 0.222. The summed E-state index contributed by atoms with van der Waals surface area (Å²) >= 11 is 0. The summed E-state index contributed by atoms with van der Waals surface area (Å²) in [6, 6.07) is 9.63. The molecule has 0 radical (unpaired) electrons. The van der Waals surface area contributed by atoms with E-state index in [0.29, 0.717) is 22.8 Å². The third kappa shape index (κ3) is 6.40. The summed E-state index contributed by atoms with van der Waals surface area (Å²) in [7, 11) is 2.91. The zero-order chi connectivity index (χ0) is 21.2. The lowest BCUT2D eigenvalue weighted by Crippen LogP contribution is -2.17. The molecule has 0 aliphatic carbocycles. The van der Waals surface area contributed by atoms with E-state index in [9.17, 15) is 15.0 Å². The highest BCUT2D eigenvalue weighted by molar-refractivity contribution is 6.13.